The number of hydrogen-bond acceptors (Lipinski definition) is 5. The maximum absolute atomic E-state index is 11.5. The van der Waals surface area contributed by atoms with Gasteiger partial charge in [-0.3, -0.25) is 4.79 Å². The molecule has 0 aromatic heterocycles. The number of benzene rings is 1. The van der Waals surface area contributed by atoms with Crippen molar-refractivity contribution in [3.8, 4) is 11.5 Å². The lowest BCUT2D eigenvalue weighted by Crippen LogP contribution is -2.17. The lowest BCUT2D eigenvalue weighted by molar-refractivity contribution is -0.115. The first-order chi connectivity index (χ1) is 9.10. The van der Waals surface area contributed by atoms with Gasteiger partial charge in [0.05, 0.1) is 4.91 Å². The number of aromatic hydroxyl groups is 1. The van der Waals surface area contributed by atoms with Crippen molar-refractivity contribution in [3.63, 3.8) is 0 Å². The maximum Gasteiger partial charge on any atom is 0.263 e. The number of nitrogens with one attached hydrogen (secondary N) is 1. The highest BCUT2D eigenvalue weighted by atomic mass is 32.2. The fourth-order valence-electron chi connectivity index (χ4n) is 1.47. The van der Waals surface area contributed by atoms with Gasteiger partial charge in [0, 0.05) is 0 Å². The second kappa shape index (κ2) is 5.90. The first kappa shape index (κ1) is 13.6. The molecular formula is C13H11NO3S2. The number of ether oxygens (including phenoxy) is 1. The largest absolute Gasteiger partial charge is 0.504 e. The Labute approximate surface area is 120 Å². The number of thiocarbonyl (C=S) groups is 1. The first-order valence-corrected chi connectivity index (χ1v) is 6.64. The number of amides is 1. The van der Waals surface area contributed by atoms with Crippen molar-refractivity contribution in [1.82, 2.24) is 5.32 Å². The zero-order valence-electron chi connectivity index (χ0n) is 9.88. The van der Waals surface area contributed by atoms with Gasteiger partial charge >= 0.3 is 0 Å². The van der Waals surface area contributed by atoms with Gasteiger partial charge in [-0.05, 0) is 23.8 Å². The number of thioether (sulfide) groups is 1. The Morgan fingerprint density at radius 1 is 1.53 bits per heavy atom. The van der Waals surface area contributed by atoms with Crippen LogP contribution in [0.4, 0.5) is 0 Å². The molecule has 2 N–H and O–H groups in total. The molecule has 1 heterocycles. The van der Waals surface area contributed by atoms with E-state index in [-0.39, 0.29) is 11.7 Å². The summed E-state index contributed by atoms with van der Waals surface area (Å²) in [6, 6.07) is 4.92. The van der Waals surface area contributed by atoms with Crippen LogP contribution in [0.2, 0.25) is 0 Å². The maximum atomic E-state index is 11.5. The van der Waals surface area contributed by atoms with Crippen LogP contribution in [0.3, 0.4) is 0 Å². The second-order valence-electron chi connectivity index (χ2n) is 3.68. The molecule has 0 bridgehead atoms. The lowest BCUT2D eigenvalue weighted by atomic mass is 10.2. The number of phenolic OH excluding ortho intramolecular Hbond substituents is 1. The molecule has 1 fully saturated rings. The van der Waals surface area contributed by atoms with E-state index in [4.69, 9.17) is 17.0 Å². The molecule has 2 rings (SSSR count). The predicted octanol–water partition coefficient (Wildman–Crippen LogP) is 2.45. The Kier molecular flexibility index (Phi) is 4.24. The fraction of sp³-hybridized carbons (Fsp3) is 0.0769. The molecule has 1 saturated heterocycles. The molecule has 1 aromatic rings. The third-order valence-corrected chi connectivity index (χ3v) is 3.44. The van der Waals surface area contributed by atoms with Crippen molar-refractivity contribution >= 4 is 40.3 Å². The molecule has 0 atom stereocenters. The molecule has 1 aliphatic heterocycles. The average molecular weight is 293 g/mol. The summed E-state index contributed by atoms with van der Waals surface area (Å²) in [6.45, 7) is 3.85. The van der Waals surface area contributed by atoms with Crippen LogP contribution in [0.5, 0.6) is 11.5 Å². The molecule has 0 radical (unpaired) electrons. The summed E-state index contributed by atoms with van der Waals surface area (Å²) in [5.74, 6) is 0.171. The van der Waals surface area contributed by atoms with E-state index in [1.54, 1.807) is 24.3 Å². The molecule has 0 spiro atoms. The monoisotopic (exact) mass is 293 g/mol. The number of phenols is 1. The summed E-state index contributed by atoms with van der Waals surface area (Å²) >= 11 is 6.09. The number of carbonyl (C=O) groups is 1. The molecule has 4 nitrogen and oxygen atoms in total. The topological polar surface area (TPSA) is 58.6 Å². The minimum atomic E-state index is -0.221. The van der Waals surface area contributed by atoms with Crippen LogP contribution in [0.25, 0.3) is 6.08 Å². The summed E-state index contributed by atoms with van der Waals surface area (Å²) in [5.41, 5.74) is 0.700. The van der Waals surface area contributed by atoms with Gasteiger partial charge in [-0.2, -0.15) is 0 Å². The van der Waals surface area contributed by atoms with Crippen LogP contribution in [0, 0.1) is 0 Å². The van der Waals surface area contributed by atoms with Gasteiger partial charge in [-0.1, -0.05) is 42.7 Å². The highest BCUT2D eigenvalue weighted by Crippen LogP contribution is 2.30. The quantitative estimate of drug-likeness (QED) is 0.507. The van der Waals surface area contributed by atoms with Crippen LogP contribution in [-0.4, -0.2) is 21.9 Å². The minimum Gasteiger partial charge on any atom is -0.504 e. The van der Waals surface area contributed by atoms with Gasteiger partial charge in [0.25, 0.3) is 5.91 Å². The van der Waals surface area contributed by atoms with E-state index >= 15 is 0 Å². The third-order valence-electron chi connectivity index (χ3n) is 2.28. The van der Waals surface area contributed by atoms with Crippen LogP contribution in [0.15, 0.2) is 35.8 Å². The van der Waals surface area contributed by atoms with Crippen LogP contribution >= 0.6 is 24.0 Å². The minimum absolute atomic E-state index is 0.0159. The van der Waals surface area contributed by atoms with Gasteiger partial charge in [0.1, 0.15) is 10.9 Å². The highest BCUT2D eigenvalue weighted by Gasteiger charge is 2.21. The van der Waals surface area contributed by atoms with Crippen molar-refractivity contribution in [2.75, 3.05) is 6.61 Å². The molecule has 19 heavy (non-hydrogen) atoms. The zero-order valence-corrected chi connectivity index (χ0v) is 11.5. The van der Waals surface area contributed by atoms with Crippen molar-refractivity contribution < 1.29 is 14.6 Å². The second-order valence-corrected chi connectivity index (χ2v) is 5.40. The van der Waals surface area contributed by atoms with E-state index in [1.165, 1.54) is 17.8 Å². The lowest BCUT2D eigenvalue weighted by Gasteiger charge is -2.06. The normalized spacial score (nSPS) is 16.5. The van der Waals surface area contributed by atoms with Crippen molar-refractivity contribution in [2.45, 2.75) is 0 Å². The Morgan fingerprint density at radius 3 is 2.89 bits per heavy atom. The molecule has 98 valence electrons. The summed E-state index contributed by atoms with van der Waals surface area (Å²) < 4.78 is 5.69. The number of carbonyl (C=O) groups excluding carboxylic acids is 1. The van der Waals surface area contributed by atoms with Gasteiger partial charge < -0.3 is 15.2 Å². The van der Waals surface area contributed by atoms with Gasteiger partial charge in [0.15, 0.2) is 11.5 Å². The van der Waals surface area contributed by atoms with E-state index in [1.807, 2.05) is 0 Å². The SMILES string of the molecule is C=CCOc1ccc(/C=C2/SC(=S)NC2=O)cc1O. The number of hydrogen-bond donors (Lipinski definition) is 2. The Hall–Kier alpha value is -1.79. The van der Waals surface area contributed by atoms with Crippen molar-refractivity contribution in [2.24, 2.45) is 0 Å². The Morgan fingerprint density at radius 2 is 2.32 bits per heavy atom. The zero-order chi connectivity index (χ0) is 13.8. The van der Waals surface area contributed by atoms with E-state index in [0.717, 1.165) is 0 Å². The van der Waals surface area contributed by atoms with Crippen LogP contribution in [-0.2, 0) is 4.79 Å². The van der Waals surface area contributed by atoms with E-state index in [9.17, 15) is 9.90 Å². The van der Waals surface area contributed by atoms with Gasteiger partial charge in [-0.25, -0.2) is 0 Å². The fourth-order valence-corrected chi connectivity index (χ4v) is 2.51. The average Bonchev–Trinajstić information content (AvgIpc) is 2.67. The van der Waals surface area contributed by atoms with Gasteiger partial charge in [-0.15, -0.1) is 0 Å². The molecular weight excluding hydrogens is 282 g/mol. The molecule has 0 unspecified atom stereocenters. The van der Waals surface area contributed by atoms with E-state index in [0.29, 0.717) is 27.1 Å². The van der Waals surface area contributed by atoms with E-state index in [2.05, 4.69) is 11.9 Å². The van der Waals surface area contributed by atoms with E-state index < -0.39 is 0 Å². The molecule has 0 saturated carbocycles. The smallest absolute Gasteiger partial charge is 0.263 e. The summed E-state index contributed by atoms with van der Waals surface area (Å²) in [6.07, 6.45) is 3.26. The van der Waals surface area contributed by atoms with Crippen molar-refractivity contribution in [1.29, 1.82) is 0 Å². The predicted molar refractivity (Wildman–Crippen MR) is 80.1 cm³/mol. The molecule has 6 heteroatoms. The summed E-state index contributed by atoms with van der Waals surface area (Å²) in [5, 5.41) is 12.3. The molecule has 0 aliphatic carbocycles. The Balaban J connectivity index is 2.20. The van der Waals surface area contributed by atoms with Gasteiger partial charge in [0.2, 0.25) is 0 Å². The standard InChI is InChI=1S/C13H11NO3S2/c1-2-5-17-10-4-3-8(6-9(10)15)7-11-12(16)14-13(18)19-11/h2-4,6-7,15H,1,5H2,(H,14,16,18)/b11-7+. The Bertz CT molecular complexity index is 581. The molecule has 1 aliphatic rings. The molecule has 1 aromatic carbocycles. The number of rotatable bonds is 4. The van der Waals surface area contributed by atoms with Crippen LogP contribution < -0.4 is 10.1 Å². The summed E-state index contributed by atoms with van der Waals surface area (Å²) in [4.78, 5) is 12.0. The third kappa shape index (κ3) is 3.36. The molecule has 1 amide bonds. The summed E-state index contributed by atoms with van der Waals surface area (Å²) in [7, 11) is 0. The highest BCUT2D eigenvalue weighted by molar-refractivity contribution is 8.26. The van der Waals surface area contributed by atoms with Crippen LogP contribution in [0.1, 0.15) is 5.56 Å². The first-order valence-electron chi connectivity index (χ1n) is 5.41. The van der Waals surface area contributed by atoms with Crippen molar-refractivity contribution in [3.05, 3.63) is 41.3 Å².